The van der Waals surface area contributed by atoms with Crippen LogP contribution in [0.2, 0.25) is 0 Å². The van der Waals surface area contributed by atoms with Crippen molar-refractivity contribution < 1.29 is 4.79 Å². The highest BCUT2D eigenvalue weighted by molar-refractivity contribution is 5.94. The molecule has 138 valence electrons. The number of hydrogen-bond acceptors (Lipinski definition) is 4. The molecule has 1 aliphatic heterocycles. The zero-order chi connectivity index (χ0) is 18.5. The Hall–Kier alpha value is -2.99. The number of nitrogens with zero attached hydrogens (tertiary/aromatic N) is 4. The topological polar surface area (TPSA) is 63.1 Å². The van der Waals surface area contributed by atoms with Crippen LogP contribution in [0.4, 0.5) is 0 Å². The van der Waals surface area contributed by atoms with Gasteiger partial charge in [-0.1, -0.05) is 30.3 Å². The Kier molecular flexibility index (Phi) is 5.25. The number of benzene rings is 1. The van der Waals surface area contributed by atoms with E-state index in [1.807, 2.05) is 35.4 Å². The fourth-order valence-corrected chi connectivity index (χ4v) is 3.38. The van der Waals surface area contributed by atoms with Crippen molar-refractivity contribution >= 4 is 5.91 Å². The fourth-order valence-electron chi connectivity index (χ4n) is 3.38. The van der Waals surface area contributed by atoms with Gasteiger partial charge in [-0.15, -0.1) is 0 Å². The van der Waals surface area contributed by atoms with E-state index in [1.54, 1.807) is 17.1 Å². The lowest BCUT2D eigenvalue weighted by Crippen LogP contribution is -2.44. The van der Waals surface area contributed by atoms with Crippen LogP contribution < -0.4 is 5.32 Å². The lowest BCUT2D eigenvalue weighted by atomic mass is 10.0. The summed E-state index contributed by atoms with van der Waals surface area (Å²) in [6, 6.07) is 16.4. The second kappa shape index (κ2) is 8.14. The number of piperidine rings is 1. The van der Waals surface area contributed by atoms with Crippen molar-refractivity contribution in [1.29, 1.82) is 0 Å². The number of rotatable bonds is 5. The first-order valence-electron chi connectivity index (χ1n) is 9.32. The van der Waals surface area contributed by atoms with Crippen LogP contribution in [0.3, 0.4) is 0 Å². The molecular formula is C21H23N5O. The molecule has 6 heteroatoms. The molecule has 1 saturated heterocycles. The molecule has 3 aromatic rings. The van der Waals surface area contributed by atoms with E-state index in [2.05, 4.69) is 39.7 Å². The van der Waals surface area contributed by atoms with Crippen LogP contribution >= 0.6 is 0 Å². The van der Waals surface area contributed by atoms with Gasteiger partial charge in [0.1, 0.15) is 0 Å². The Labute approximate surface area is 158 Å². The van der Waals surface area contributed by atoms with Gasteiger partial charge in [0, 0.05) is 44.3 Å². The van der Waals surface area contributed by atoms with Crippen LogP contribution in [0, 0.1) is 0 Å². The van der Waals surface area contributed by atoms with E-state index in [0.717, 1.165) is 32.5 Å². The van der Waals surface area contributed by atoms with Crippen LogP contribution in [-0.4, -0.2) is 44.7 Å². The lowest BCUT2D eigenvalue weighted by Gasteiger charge is -2.32. The highest BCUT2D eigenvalue weighted by Crippen LogP contribution is 2.15. The van der Waals surface area contributed by atoms with Crippen molar-refractivity contribution in [3.05, 3.63) is 78.2 Å². The van der Waals surface area contributed by atoms with Crippen molar-refractivity contribution in [3.8, 4) is 5.82 Å². The lowest BCUT2D eigenvalue weighted by molar-refractivity contribution is 0.0704. The summed E-state index contributed by atoms with van der Waals surface area (Å²) in [6.45, 7) is 2.41. The summed E-state index contributed by atoms with van der Waals surface area (Å²) in [6.07, 6.45) is 7.11. The van der Waals surface area contributed by atoms with E-state index in [4.69, 9.17) is 0 Å². The summed E-state index contributed by atoms with van der Waals surface area (Å²) >= 11 is 0. The number of carbonyl (C=O) groups is 1. The highest BCUT2D eigenvalue weighted by Gasteiger charge is 2.23. The van der Waals surface area contributed by atoms with E-state index in [-0.39, 0.29) is 5.91 Å². The molecule has 0 saturated carbocycles. The molecule has 0 bridgehead atoms. The van der Waals surface area contributed by atoms with E-state index in [9.17, 15) is 4.79 Å². The van der Waals surface area contributed by atoms with Crippen molar-refractivity contribution in [2.75, 3.05) is 13.1 Å². The van der Waals surface area contributed by atoms with E-state index >= 15 is 0 Å². The maximum atomic E-state index is 12.7. The minimum absolute atomic E-state index is 0.0519. The normalized spacial score (nSPS) is 15.0. The molecule has 0 radical (unpaired) electrons. The molecule has 2 aromatic heterocycles. The number of amides is 1. The molecule has 3 heterocycles. The first kappa shape index (κ1) is 17.4. The number of hydrogen-bond donors (Lipinski definition) is 1. The highest BCUT2D eigenvalue weighted by atomic mass is 16.2. The summed E-state index contributed by atoms with van der Waals surface area (Å²) in [7, 11) is 0. The van der Waals surface area contributed by atoms with Gasteiger partial charge in [0.05, 0.1) is 5.56 Å². The third kappa shape index (κ3) is 4.23. The van der Waals surface area contributed by atoms with Gasteiger partial charge in [0.2, 0.25) is 0 Å². The molecule has 0 aliphatic carbocycles. The van der Waals surface area contributed by atoms with Gasteiger partial charge < -0.3 is 10.2 Å². The van der Waals surface area contributed by atoms with Gasteiger partial charge in [0.15, 0.2) is 5.82 Å². The molecule has 1 aliphatic rings. The smallest absolute Gasteiger partial charge is 0.255 e. The van der Waals surface area contributed by atoms with E-state index in [1.165, 1.54) is 5.56 Å². The minimum atomic E-state index is 0.0519. The SMILES string of the molecule is O=C(c1ccc(-n2cccn2)nc1)N1CCC(NCc2ccccc2)CC1. The summed E-state index contributed by atoms with van der Waals surface area (Å²) in [5.74, 6) is 0.761. The van der Waals surface area contributed by atoms with E-state index < -0.39 is 0 Å². The predicted octanol–water partition coefficient (Wildman–Crippen LogP) is 2.66. The van der Waals surface area contributed by atoms with Crippen molar-refractivity contribution in [2.45, 2.75) is 25.4 Å². The third-order valence-corrected chi connectivity index (χ3v) is 4.95. The standard InChI is InChI=1S/C21H23N5O/c27-21(18-7-8-20(23-16-18)26-12-4-11-24-26)25-13-9-19(10-14-25)22-15-17-5-2-1-3-6-17/h1-8,11-12,16,19,22H,9-10,13-15H2. The number of likely N-dealkylation sites (tertiary alicyclic amines) is 1. The van der Waals surface area contributed by atoms with Crippen LogP contribution in [0.25, 0.3) is 5.82 Å². The molecule has 4 rings (SSSR count). The number of aromatic nitrogens is 3. The Morgan fingerprint density at radius 1 is 1.07 bits per heavy atom. The second-order valence-electron chi connectivity index (χ2n) is 6.79. The third-order valence-electron chi connectivity index (χ3n) is 4.95. The van der Waals surface area contributed by atoms with Gasteiger partial charge in [0.25, 0.3) is 5.91 Å². The van der Waals surface area contributed by atoms with Crippen molar-refractivity contribution in [1.82, 2.24) is 25.0 Å². The number of carbonyl (C=O) groups excluding carboxylic acids is 1. The van der Waals surface area contributed by atoms with Gasteiger partial charge in [-0.2, -0.15) is 5.10 Å². The molecule has 1 N–H and O–H groups in total. The average Bonchev–Trinajstić information content (AvgIpc) is 3.28. The van der Waals surface area contributed by atoms with Crippen LogP contribution in [-0.2, 0) is 6.54 Å². The average molecular weight is 361 g/mol. The molecule has 27 heavy (non-hydrogen) atoms. The first-order chi connectivity index (χ1) is 13.3. The Balaban J connectivity index is 1.29. The zero-order valence-corrected chi connectivity index (χ0v) is 15.2. The first-order valence-corrected chi connectivity index (χ1v) is 9.32. The molecule has 1 amide bonds. The second-order valence-corrected chi connectivity index (χ2v) is 6.79. The molecule has 6 nitrogen and oxygen atoms in total. The summed E-state index contributed by atoms with van der Waals surface area (Å²) in [5.41, 5.74) is 1.92. The maximum Gasteiger partial charge on any atom is 0.255 e. The van der Waals surface area contributed by atoms with Crippen LogP contribution in [0.1, 0.15) is 28.8 Å². The number of nitrogens with one attached hydrogen (secondary N) is 1. The molecule has 1 aromatic carbocycles. The van der Waals surface area contributed by atoms with Crippen molar-refractivity contribution in [3.63, 3.8) is 0 Å². The van der Waals surface area contributed by atoms with Crippen LogP contribution in [0.5, 0.6) is 0 Å². The summed E-state index contributed by atoms with van der Waals surface area (Å²) in [4.78, 5) is 19.0. The molecule has 0 unspecified atom stereocenters. The fraction of sp³-hybridized carbons (Fsp3) is 0.286. The van der Waals surface area contributed by atoms with Gasteiger partial charge in [-0.3, -0.25) is 4.79 Å². The molecular weight excluding hydrogens is 338 g/mol. The quantitative estimate of drug-likeness (QED) is 0.759. The molecule has 0 atom stereocenters. The number of pyridine rings is 1. The van der Waals surface area contributed by atoms with Crippen LogP contribution in [0.15, 0.2) is 67.1 Å². The summed E-state index contributed by atoms with van der Waals surface area (Å²) in [5, 5.41) is 7.75. The maximum absolute atomic E-state index is 12.7. The zero-order valence-electron chi connectivity index (χ0n) is 15.2. The Bertz CT molecular complexity index is 853. The molecule has 0 spiro atoms. The molecule has 1 fully saturated rings. The largest absolute Gasteiger partial charge is 0.338 e. The van der Waals surface area contributed by atoms with Gasteiger partial charge in [-0.05, 0) is 36.6 Å². The Morgan fingerprint density at radius 2 is 1.89 bits per heavy atom. The van der Waals surface area contributed by atoms with Gasteiger partial charge >= 0.3 is 0 Å². The predicted molar refractivity (Wildman–Crippen MR) is 104 cm³/mol. The Morgan fingerprint density at radius 3 is 2.56 bits per heavy atom. The monoisotopic (exact) mass is 361 g/mol. The van der Waals surface area contributed by atoms with Gasteiger partial charge in [-0.25, -0.2) is 9.67 Å². The summed E-state index contributed by atoms with van der Waals surface area (Å²) < 4.78 is 1.68. The van der Waals surface area contributed by atoms with E-state index in [0.29, 0.717) is 17.4 Å². The minimum Gasteiger partial charge on any atom is -0.338 e. The van der Waals surface area contributed by atoms with Crippen molar-refractivity contribution in [2.24, 2.45) is 0 Å².